The lowest BCUT2D eigenvalue weighted by molar-refractivity contribution is -0.147. The Bertz CT molecular complexity index is 560. The largest absolute Gasteiger partial charge is 0.497 e. The Balaban J connectivity index is 2.19. The summed E-state index contributed by atoms with van der Waals surface area (Å²) in [7, 11) is 1.41. The summed E-state index contributed by atoms with van der Waals surface area (Å²) in [6.07, 6.45) is 0.367. The van der Waals surface area contributed by atoms with Gasteiger partial charge in [-0.15, -0.1) is 0 Å². The van der Waals surface area contributed by atoms with Crippen molar-refractivity contribution in [3.63, 3.8) is 0 Å². The first kappa shape index (κ1) is 14.3. The Labute approximate surface area is 116 Å². The fourth-order valence-corrected chi connectivity index (χ4v) is 2.28. The molecule has 1 N–H and O–H groups in total. The van der Waals surface area contributed by atoms with E-state index in [1.54, 1.807) is 6.92 Å². The number of hydrogen-bond donors (Lipinski definition) is 1. The van der Waals surface area contributed by atoms with Crippen molar-refractivity contribution in [3.8, 4) is 5.75 Å². The molecule has 2 rings (SSSR count). The van der Waals surface area contributed by atoms with Gasteiger partial charge in [-0.2, -0.15) is 0 Å². The lowest BCUT2D eigenvalue weighted by atomic mass is 9.90. The number of rotatable bonds is 3. The first-order valence-corrected chi connectivity index (χ1v) is 6.23. The van der Waals surface area contributed by atoms with Gasteiger partial charge in [-0.25, -0.2) is 4.39 Å². The van der Waals surface area contributed by atoms with Crippen LogP contribution in [-0.4, -0.2) is 42.1 Å². The number of halogens is 1. The summed E-state index contributed by atoms with van der Waals surface area (Å²) in [4.78, 5) is 24.8. The van der Waals surface area contributed by atoms with Gasteiger partial charge in [0.05, 0.1) is 18.1 Å². The van der Waals surface area contributed by atoms with Gasteiger partial charge in [0.15, 0.2) is 0 Å². The predicted molar refractivity (Wildman–Crippen MR) is 69.2 cm³/mol. The number of carbonyl (C=O) groups excluding carboxylic acids is 1. The smallest absolute Gasteiger partial charge is 0.311 e. The summed E-state index contributed by atoms with van der Waals surface area (Å²) in [5, 5.41) is 9.14. The van der Waals surface area contributed by atoms with Gasteiger partial charge in [0, 0.05) is 19.2 Å². The quantitative estimate of drug-likeness (QED) is 0.917. The second kappa shape index (κ2) is 5.11. The van der Waals surface area contributed by atoms with Gasteiger partial charge in [0.2, 0.25) is 0 Å². The van der Waals surface area contributed by atoms with E-state index < -0.39 is 23.1 Å². The highest BCUT2D eigenvalue weighted by Crippen LogP contribution is 2.31. The molecule has 1 aliphatic rings. The molecule has 108 valence electrons. The molecule has 1 aliphatic heterocycles. The maximum atomic E-state index is 13.8. The van der Waals surface area contributed by atoms with Gasteiger partial charge in [-0.05, 0) is 25.5 Å². The number of methoxy groups -OCH3 is 1. The highest BCUT2D eigenvalue weighted by atomic mass is 19.1. The number of aliphatic carboxylic acids is 1. The lowest BCUT2D eigenvalue weighted by Gasteiger charge is -2.20. The summed E-state index contributed by atoms with van der Waals surface area (Å²) in [6.45, 7) is 1.99. The van der Waals surface area contributed by atoms with Crippen LogP contribution in [0.25, 0.3) is 0 Å². The van der Waals surface area contributed by atoms with Crippen LogP contribution < -0.4 is 4.74 Å². The molecule has 6 heteroatoms. The number of ether oxygens (including phenoxy) is 1. The molecule has 1 saturated heterocycles. The summed E-state index contributed by atoms with van der Waals surface area (Å²) >= 11 is 0. The van der Waals surface area contributed by atoms with E-state index in [2.05, 4.69) is 0 Å². The summed E-state index contributed by atoms with van der Waals surface area (Å²) in [5.41, 5.74) is -1.03. The molecule has 0 aromatic heterocycles. The molecule has 1 unspecified atom stereocenters. The van der Waals surface area contributed by atoms with Crippen molar-refractivity contribution >= 4 is 11.9 Å². The van der Waals surface area contributed by atoms with Crippen LogP contribution >= 0.6 is 0 Å². The average molecular weight is 281 g/mol. The van der Waals surface area contributed by atoms with E-state index in [1.807, 2.05) is 0 Å². The van der Waals surface area contributed by atoms with Crippen LogP contribution in [0, 0.1) is 11.2 Å². The Morgan fingerprint density at radius 1 is 1.45 bits per heavy atom. The van der Waals surface area contributed by atoms with Crippen molar-refractivity contribution in [1.82, 2.24) is 4.90 Å². The highest BCUT2D eigenvalue weighted by molar-refractivity contribution is 5.95. The molecule has 1 amide bonds. The van der Waals surface area contributed by atoms with Crippen molar-refractivity contribution in [2.45, 2.75) is 13.3 Å². The van der Waals surface area contributed by atoms with Gasteiger partial charge in [-0.3, -0.25) is 9.59 Å². The van der Waals surface area contributed by atoms with Gasteiger partial charge >= 0.3 is 5.97 Å². The molecule has 1 aromatic carbocycles. The van der Waals surface area contributed by atoms with Crippen LogP contribution in [0.1, 0.15) is 23.7 Å². The van der Waals surface area contributed by atoms with E-state index in [-0.39, 0.29) is 12.1 Å². The van der Waals surface area contributed by atoms with Crippen LogP contribution in [0.5, 0.6) is 5.75 Å². The average Bonchev–Trinajstić information content (AvgIpc) is 2.82. The van der Waals surface area contributed by atoms with Gasteiger partial charge in [0.1, 0.15) is 11.6 Å². The van der Waals surface area contributed by atoms with E-state index in [4.69, 9.17) is 9.84 Å². The number of likely N-dealkylation sites (tertiary alicyclic amines) is 1. The molecule has 1 atom stereocenters. The predicted octanol–water partition coefficient (Wildman–Crippen LogP) is 1.77. The summed E-state index contributed by atoms with van der Waals surface area (Å²) in [5.74, 6) is -1.77. The summed E-state index contributed by atoms with van der Waals surface area (Å²) < 4.78 is 18.7. The fraction of sp³-hybridized carbons (Fsp3) is 0.429. The molecule has 0 saturated carbocycles. The molecule has 5 nitrogen and oxygen atoms in total. The standard InChI is InChI=1S/C14H16FNO4/c1-14(13(18)19)5-6-16(8-14)12(17)10-4-3-9(20-2)7-11(10)15/h3-4,7H,5-6,8H2,1-2H3,(H,18,19). The van der Waals surface area contributed by atoms with Crippen molar-refractivity contribution in [1.29, 1.82) is 0 Å². The van der Waals surface area contributed by atoms with Gasteiger partial charge in [-0.1, -0.05) is 0 Å². The Morgan fingerprint density at radius 3 is 2.65 bits per heavy atom. The fourth-order valence-electron chi connectivity index (χ4n) is 2.28. The molecule has 0 bridgehead atoms. The molecule has 0 radical (unpaired) electrons. The minimum absolute atomic E-state index is 0.0690. The van der Waals surface area contributed by atoms with Crippen LogP contribution in [0.3, 0.4) is 0 Å². The Morgan fingerprint density at radius 2 is 2.15 bits per heavy atom. The van der Waals surface area contributed by atoms with Crippen LogP contribution in [0.15, 0.2) is 18.2 Å². The molecule has 1 aromatic rings. The Hall–Kier alpha value is -2.11. The van der Waals surface area contributed by atoms with E-state index in [0.29, 0.717) is 18.7 Å². The van der Waals surface area contributed by atoms with E-state index >= 15 is 0 Å². The SMILES string of the molecule is COc1ccc(C(=O)N2CCC(C)(C(=O)O)C2)c(F)c1. The number of carboxylic acids is 1. The summed E-state index contributed by atoms with van der Waals surface area (Å²) in [6, 6.07) is 4.00. The molecule has 0 spiro atoms. The molecule has 20 heavy (non-hydrogen) atoms. The minimum Gasteiger partial charge on any atom is -0.497 e. The van der Waals surface area contributed by atoms with Gasteiger partial charge in [0.25, 0.3) is 5.91 Å². The van der Waals surface area contributed by atoms with Crippen LogP contribution in [-0.2, 0) is 4.79 Å². The van der Waals surface area contributed by atoms with E-state index in [1.165, 1.54) is 24.1 Å². The number of nitrogens with zero attached hydrogens (tertiary/aromatic N) is 1. The van der Waals surface area contributed by atoms with Crippen molar-refractivity contribution in [2.75, 3.05) is 20.2 Å². The first-order chi connectivity index (χ1) is 9.37. The molecular formula is C14H16FNO4. The zero-order valence-corrected chi connectivity index (χ0v) is 11.4. The van der Waals surface area contributed by atoms with Gasteiger partial charge < -0.3 is 14.7 Å². The van der Waals surface area contributed by atoms with E-state index in [9.17, 15) is 14.0 Å². The molecule has 1 fully saturated rings. The topological polar surface area (TPSA) is 66.8 Å². The minimum atomic E-state index is -0.960. The number of hydrogen-bond acceptors (Lipinski definition) is 3. The third kappa shape index (κ3) is 2.45. The molecule has 0 aliphatic carbocycles. The lowest BCUT2D eigenvalue weighted by Crippen LogP contribution is -2.35. The van der Waals surface area contributed by atoms with E-state index in [0.717, 1.165) is 6.07 Å². The molecule has 1 heterocycles. The zero-order valence-electron chi connectivity index (χ0n) is 11.4. The first-order valence-electron chi connectivity index (χ1n) is 6.23. The third-order valence-electron chi connectivity index (χ3n) is 3.68. The zero-order chi connectivity index (χ0) is 14.9. The second-order valence-electron chi connectivity index (χ2n) is 5.19. The number of carbonyl (C=O) groups is 2. The Kier molecular flexibility index (Phi) is 3.65. The number of benzene rings is 1. The van der Waals surface area contributed by atoms with Crippen molar-refractivity contribution < 1.29 is 23.8 Å². The molecular weight excluding hydrogens is 265 g/mol. The van der Waals surface area contributed by atoms with Crippen molar-refractivity contribution in [3.05, 3.63) is 29.6 Å². The van der Waals surface area contributed by atoms with Crippen LogP contribution in [0.2, 0.25) is 0 Å². The maximum absolute atomic E-state index is 13.8. The van der Waals surface area contributed by atoms with Crippen LogP contribution in [0.4, 0.5) is 4.39 Å². The number of amides is 1. The monoisotopic (exact) mass is 281 g/mol. The third-order valence-corrected chi connectivity index (χ3v) is 3.68. The van der Waals surface area contributed by atoms with Crippen molar-refractivity contribution in [2.24, 2.45) is 5.41 Å². The maximum Gasteiger partial charge on any atom is 0.311 e. The normalized spacial score (nSPS) is 21.9. The highest BCUT2D eigenvalue weighted by Gasteiger charge is 2.42. The number of carboxylic acid groups (broad SMARTS) is 1. The second-order valence-corrected chi connectivity index (χ2v) is 5.19.